The van der Waals surface area contributed by atoms with E-state index in [2.05, 4.69) is 15.5 Å². The number of methoxy groups -OCH3 is 1. The van der Waals surface area contributed by atoms with Crippen LogP contribution in [0.2, 0.25) is 0 Å². The first-order chi connectivity index (χ1) is 11.5. The molecule has 0 aliphatic carbocycles. The Bertz CT molecular complexity index is 686. The Morgan fingerprint density at radius 3 is 2.75 bits per heavy atom. The summed E-state index contributed by atoms with van der Waals surface area (Å²) in [4.78, 5) is 16.5. The lowest BCUT2D eigenvalue weighted by atomic mass is 9.99. The maximum Gasteiger partial charge on any atom is 0.249 e. The number of benzene rings is 1. The van der Waals surface area contributed by atoms with Gasteiger partial charge in [-0.05, 0) is 25.0 Å². The van der Waals surface area contributed by atoms with Crippen LogP contribution in [0.4, 0.5) is 0 Å². The Morgan fingerprint density at radius 2 is 2.08 bits per heavy atom. The lowest BCUT2D eigenvalue weighted by Gasteiger charge is -2.19. The summed E-state index contributed by atoms with van der Waals surface area (Å²) in [6, 6.07) is 6.40. The molecule has 0 bridgehead atoms. The molecule has 1 aromatic heterocycles. The number of hydrogen-bond donors (Lipinski definition) is 2. The highest BCUT2D eigenvalue weighted by molar-refractivity contribution is 5.82. The summed E-state index contributed by atoms with van der Waals surface area (Å²) in [5, 5.41) is 6.78. The van der Waals surface area contributed by atoms with Crippen LogP contribution in [0.5, 0.6) is 5.75 Å². The lowest BCUT2D eigenvalue weighted by Crippen LogP contribution is -2.45. The van der Waals surface area contributed by atoms with Crippen LogP contribution >= 0.6 is 0 Å². The average molecular weight is 332 g/mol. The number of rotatable bonds is 7. The number of nitrogens with zero attached hydrogens (tertiary/aromatic N) is 2. The van der Waals surface area contributed by atoms with Gasteiger partial charge >= 0.3 is 0 Å². The monoisotopic (exact) mass is 332 g/mol. The molecule has 1 heterocycles. The topological polar surface area (TPSA) is 103 Å². The summed E-state index contributed by atoms with van der Waals surface area (Å²) in [5.74, 6) is 1.26. The fourth-order valence-electron chi connectivity index (χ4n) is 2.23. The van der Waals surface area contributed by atoms with Crippen LogP contribution in [0.3, 0.4) is 0 Å². The molecule has 2 rings (SSSR count). The van der Waals surface area contributed by atoms with Crippen molar-refractivity contribution in [2.24, 2.45) is 11.7 Å². The molecule has 2 aromatic rings. The van der Waals surface area contributed by atoms with Crippen LogP contribution in [0.25, 0.3) is 11.4 Å². The zero-order valence-electron chi connectivity index (χ0n) is 14.4. The van der Waals surface area contributed by atoms with E-state index in [1.165, 1.54) is 0 Å². The van der Waals surface area contributed by atoms with Crippen molar-refractivity contribution in [3.8, 4) is 17.1 Å². The highest BCUT2D eigenvalue weighted by atomic mass is 16.5. The van der Waals surface area contributed by atoms with Crippen LogP contribution < -0.4 is 15.8 Å². The van der Waals surface area contributed by atoms with Crippen LogP contribution in [0.15, 0.2) is 28.8 Å². The van der Waals surface area contributed by atoms with Gasteiger partial charge in [0.15, 0.2) is 0 Å². The first-order valence-electron chi connectivity index (χ1n) is 8.00. The lowest BCUT2D eigenvalue weighted by molar-refractivity contribution is -0.124. The Morgan fingerprint density at radius 1 is 1.38 bits per heavy atom. The molecule has 0 aliphatic rings. The van der Waals surface area contributed by atoms with Crippen molar-refractivity contribution in [2.75, 3.05) is 7.11 Å². The van der Waals surface area contributed by atoms with Gasteiger partial charge < -0.3 is 20.3 Å². The van der Waals surface area contributed by atoms with Crippen molar-refractivity contribution in [2.45, 2.75) is 39.3 Å². The van der Waals surface area contributed by atoms with Crippen molar-refractivity contribution in [3.63, 3.8) is 0 Å². The second kappa shape index (κ2) is 7.92. The SMILES string of the molecule is CCC(C)C(N)C(=O)NC(C)c1nc(-c2ccccc2OC)no1. The fourth-order valence-corrected chi connectivity index (χ4v) is 2.23. The van der Waals surface area contributed by atoms with Crippen LogP contribution in [-0.2, 0) is 4.79 Å². The first kappa shape index (κ1) is 17.9. The van der Waals surface area contributed by atoms with E-state index in [1.807, 2.05) is 38.1 Å². The van der Waals surface area contributed by atoms with E-state index in [0.29, 0.717) is 17.5 Å². The molecule has 24 heavy (non-hydrogen) atoms. The van der Waals surface area contributed by atoms with Crippen molar-refractivity contribution in [1.29, 1.82) is 0 Å². The van der Waals surface area contributed by atoms with E-state index in [-0.39, 0.29) is 11.8 Å². The minimum Gasteiger partial charge on any atom is -0.496 e. The van der Waals surface area contributed by atoms with Gasteiger partial charge in [-0.25, -0.2) is 0 Å². The molecule has 0 fully saturated rings. The number of para-hydroxylation sites is 1. The molecule has 3 atom stereocenters. The Kier molecular flexibility index (Phi) is 5.92. The third-order valence-corrected chi connectivity index (χ3v) is 4.08. The predicted molar refractivity (Wildman–Crippen MR) is 90.3 cm³/mol. The number of nitrogens with one attached hydrogen (secondary N) is 1. The molecule has 7 nitrogen and oxygen atoms in total. The van der Waals surface area contributed by atoms with Gasteiger partial charge in [0.2, 0.25) is 17.6 Å². The van der Waals surface area contributed by atoms with E-state index in [1.54, 1.807) is 14.0 Å². The Labute approximate surface area is 141 Å². The van der Waals surface area contributed by atoms with Crippen LogP contribution in [0.1, 0.15) is 39.1 Å². The van der Waals surface area contributed by atoms with Gasteiger partial charge in [0.05, 0.1) is 18.7 Å². The van der Waals surface area contributed by atoms with Crippen LogP contribution in [-0.4, -0.2) is 29.2 Å². The highest BCUT2D eigenvalue weighted by Crippen LogP contribution is 2.27. The number of nitrogens with two attached hydrogens (primary N) is 1. The molecule has 0 saturated carbocycles. The Balaban J connectivity index is 2.11. The predicted octanol–water partition coefficient (Wildman–Crippen LogP) is 2.30. The molecule has 1 amide bonds. The maximum absolute atomic E-state index is 12.2. The third kappa shape index (κ3) is 3.91. The van der Waals surface area contributed by atoms with Gasteiger partial charge in [0, 0.05) is 0 Å². The molecule has 0 radical (unpaired) electrons. The van der Waals surface area contributed by atoms with Gasteiger partial charge in [0.25, 0.3) is 0 Å². The molecule has 130 valence electrons. The minimum absolute atomic E-state index is 0.101. The summed E-state index contributed by atoms with van der Waals surface area (Å²) >= 11 is 0. The van der Waals surface area contributed by atoms with E-state index in [9.17, 15) is 4.79 Å². The number of amides is 1. The molecule has 0 spiro atoms. The largest absolute Gasteiger partial charge is 0.496 e. The van der Waals surface area contributed by atoms with Gasteiger partial charge in [0.1, 0.15) is 11.8 Å². The molecule has 7 heteroatoms. The van der Waals surface area contributed by atoms with Gasteiger partial charge in [-0.2, -0.15) is 4.98 Å². The van der Waals surface area contributed by atoms with Crippen LogP contribution in [0, 0.1) is 5.92 Å². The fraction of sp³-hybridized carbons (Fsp3) is 0.471. The van der Waals surface area contributed by atoms with E-state index in [4.69, 9.17) is 15.0 Å². The number of aromatic nitrogens is 2. The molecule has 1 aromatic carbocycles. The van der Waals surface area contributed by atoms with Gasteiger partial charge in [-0.1, -0.05) is 37.6 Å². The molecule has 0 saturated heterocycles. The smallest absolute Gasteiger partial charge is 0.249 e. The summed E-state index contributed by atoms with van der Waals surface area (Å²) in [7, 11) is 1.58. The second-order valence-electron chi connectivity index (χ2n) is 5.80. The maximum atomic E-state index is 12.2. The van der Waals surface area contributed by atoms with Crippen molar-refractivity contribution < 1.29 is 14.1 Å². The Hall–Kier alpha value is -2.41. The van der Waals surface area contributed by atoms with Gasteiger partial charge in [-0.15, -0.1) is 0 Å². The summed E-state index contributed by atoms with van der Waals surface area (Å²) < 4.78 is 10.6. The molecule has 0 aliphatic heterocycles. The number of carbonyl (C=O) groups excluding carboxylic acids is 1. The first-order valence-corrected chi connectivity index (χ1v) is 8.00. The average Bonchev–Trinajstić information content (AvgIpc) is 3.10. The normalized spacial score (nSPS) is 14.7. The summed E-state index contributed by atoms with van der Waals surface area (Å²) in [6.45, 7) is 5.72. The standard InChI is InChI=1S/C17H24N4O3/c1-5-10(2)14(18)16(22)19-11(3)17-20-15(21-24-17)12-8-6-7-9-13(12)23-4/h6-11,14H,5,18H2,1-4H3,(H,19,22). The summed E-state index contributed by atoms with van der Waals surface area (Å²) in [5.41, 5.74) is 6.66. The molecular weight excluding hydrogens is 308 g/mol. The molecular formula is C17H24N4O3. The number of hydrogen-bond acceptors (Lipinski definition) is 6. The highest BCUT2D eigenvalue weighted by Gasteiger charge is 2.24. The number of carbonyl (C=O) groups is 1. The molecule has 3 unspecified atom stereocenters. The van der Waals surface area contributed by atoms with E-state index < -0.39 is 12.1 Å². The van der Waals surface area contributed by atoms with Crippen molar-refractivity contribution in [3.05, 3.63) is 30.2 Å². The van der Waals surface area contributed by atoms with E-state index in [0.717, 1.165) is 12.0 Å². The van der Waals surface area contributed by atoms with Crippen molar-refractivity contribution >= 4 is 5.91 Å². The quantitative estimate of drug-likeness (QED) is 0.806. The second-order valence-corrected chi connectivity index (χ2v) is 5.80. The number of ether oxygens (including phenoxy) is 1. The zero-order valence-corrected chi connectivity index (χ0v) is 14.4. The third-order valence-electron chi connectivity index (χ3n) is 4.08. The van der Waals surface area contributed by atoms with E-state index >= 15 is 0 Å². The minimum atomic E-state index is -0.561. The summed E-state index contributed by atoms with van der Waals surface area (Å²) in [6.07, 6.45) is 0.835. The zero-order chi connectivity index (χ0) is 17.7. The molecule has 3 N–H and O–H groups in total. The van der Waals surface area contributed by atoms with Crippen molar-refractivity contribution in [1.82, 2.24) is 15.5 Å². The van der Waals surface area contributed by atoms with Gasteiger partial charge in [-0.3, -0.25) is 4.79 Å².